The quantitative estimate of drug-likeness (QED) is 0.805. The van der Waals surface area contributed by atoms with E-state index >= 15 is 0 Å². The van der Waals surface area contributed by atoms with Crippen LogP contribution in [-0.4, -0.2) is 25.9 Å². The maximum Gasteiger partial charge on any atom is 0.220 e. The molecule has 0 unspecified atom stereocenters. The maximum atomic E-state index is 12.6. The first-order chi connectivity index (χ1) is 9.18. The molecule has 19 heavy (non-hydrogen) atoms. The number of nitrogens with one attached hydrogen (secondary N) is 1. The molecule has 0 aliphatic carbocycles. The van der Waals surface area contributed by atoms with Gasteiger partial charge in [-0.2, -0.15) is 0 Å². The highest BCUT2D eigenvalue weighted by Crippen LogP contribution is 2.07. The lowest BCUT2D eigenvalue weighted by Crippen LogP contribution is -3.11. The largest absolute Gasteiger partial charge is 0.331 e. The van der Waals surface area contributed by atoms with E-state index in [0.29, 0.717) is 0 Å². The molecule has 0 aliphatic heterocycles. The molecule has 0 aromatic heterocycles. The van der Waals surface area contributed by atoms with E-state index in [1.54, 1.807) is 0 Å². The third-order valence-corrected chi connectivity index (χ3v) is 3.35. The SMILES string of the molecule is C[NH+](C)[C@H](Cc1ccccc1)C(=O)c1ccccc1. The van der Waals surface area contributed by atoms with Crippen LogP contribution < -0.4 is 4.90 Å². The van der Waals surface area contributed by atoms with Gasteiger partial charge in [-0.1, -0.05) is 60.7 Å². The lowest BCUT2D eigenvalue weighted by molar-refractivity contribution is -0.874. The molecule has 2 heteroatoms. The molecule has 2 nitrogen and oxygen atoms in total. The van der Waals surface area contributed by atoms with E-state index in [0.717, 1.165) is 16.9 Å². The maximum absolute atomic E-state index is 12.6. The number of rotatable bonds is 5. The Hall–Kier alpha value is -1.93. The zero-order chi connectivity index (χ0) is 13.7. The lowest BCUT2D eigenvalue weighted by Gasteiger charge is -2.20. The molecule has 0 bridgehead atoms. The lowest BCUT2D eigenvalue weighted by atomic mass is 9.97. The van der Waals surface area contributed by atoms with Crippen LogP contribution in [0.25, 0.3) is 0 Å². The van der Waals surface area contributed by atoms with E-state index in [4.69, 9.17) is 0 Å². The van der Waals surface area contributed by atoms with Gasteiger partial charge in [0.15, 0.2) is 6.04 Å². The first-order valence-electron chi connectivity index (χ1n) is 6.61. The Labute approximate surface area is 114 Å². The molecule has 2 rings (SSSR count). The molecular formula is C17H20NO+. The summed E-state index contributed by atoms with van der Waals surface area (Å²) < 4.78 is 0. The zero-order valence-electron chi connectivity index (χ0n) is 11.5. The molecule has 1 N–H and O–H groups in total. The first kappa shape index (κ1) is 13.5. The number of ketones is 1. The fourth-order valence-corrected chi connectivity index (χ4v) is 2.21. The minimum Gasteiger partial charge on any atom is -0.331 e. The van der Waals surface area contributed by atoms with Crippen molar-refractivity contribution in [3.63, 3.8) is 0 Å². The van der Waals surface area contributed by atoms with Gasteiger partial charge in [-0.05, 0) is 5.56 Å². The van der Waals surface area contributed by atoms with Crippen LogP contribution in [0.5, 0.6) is 0 Å². The molecule has 1 atom stereocenters. The zero-order valence-corrected chi connectivity index (χ0v) is 11.5. The van der Waals surface area contributed by atoms with Crippen LogP contribution in [0.15, 0.2) is 60.7 Å². The van der Waals surface area contributed by atoms with Crippen molar-refractivity contribution >= 4 is 5.78 Å². The summed E-state index contributed by atoms with van der Waals surface area (Å²) in [6.45, 7) is 0. The van der Waals surface area contributed by atoms with Gasteiger partial charge in [0.25, 0.3) is 0 Å². The predicted octanol–water partition coefficient (Wildman–Crippen LogP) is 1.63. The van der Waals surface area contributed by atoms with Crippen LogP contribution in [0, 0.1) is 0 Å². The standard InChI is InChI=1S/C17H19NO/c1-18(2)16(13-14-9-5-3-6-10-14)17(19)15-11-7-4-8-12-15/h3-12,16H,13H2,1-2H3/p+1/t16-/m1/s1. The van der Waals surface area contributed by atoms with E-state index in [-0.39, 0.29) is 11.8 Å². The number of hydrogen-bond acceptors (Lipinski definition) is 1. The number of quaternary nitrogens is 1. The van der Waals surface area contributed by atoms with Crippen molar-refractivity contribution in [3.8, 4) is 0 Å². The minimum atomic E-state index is -0.0372. The Bertz CT molecular complexity index is 519. The summed E-state index contributed by atoms with van der Waals surface area (Å²) in [4.78, 5) is 13.7. The molecule has 2 aromatic carbocycles. The third kappa shape index (κ3) is 3.52. The fourth-order valence-electron chi connectivity index (χ4n) is 2.21. The van der Waals surface area contributed by atoms with E-state index in [2.05, 4.69) is 12.1 Å². The summed E-state index contributed by atoms with van der Waals surface area (Å²) >= 11 is 0. The minimum absolute atomic E-state index is 0.0372. The van der Waals surface area contributed by atoms with Gasteiger partial charge in [0, 0.05) is 12.0 Å². The Balaban J connectivity index is 2.19. The number of carbonyl (C=O) groups excluding carboxylic acids is 1. The summed E-state index contributed by atoms with van der Waals surface area (Å²) in [5.74, 6) is 0.212. The number of Topliss-reactive ketones (excluding diaryl/α,β-unsaturated/α-hetero) is 1. The highest BCUT2D eigenvalue weighted by Gasteiger charge is 2.25. The van der Waals surface area contributed by atoms with E-state index in [9.17, 15) is 4.79 Å². The first-order valence-corrected chi connectivity index (χ1v) is 6.61. The average Bonchev–Trinajstić information content (AvgIpc) is 2.46. The van der Waals surface area contributed by atoms with Crippen molar-refractivity contribution in [3.05, 3.63) is 71.8 Å². The smallest absolute Gasteiger partial charge is 0.220 e. The predicted molar refractivity (Wildman–Crippen MR) is 77.5 cm³/mol. The van der Waals surface area contributed by atoms with Crippen molar-refractivity contribution in [1.29, 1.82) is 0 Å². The second kappa shape index (κ2) is 6.30. The molecule has 2 aromatic rings. The number of benzene rings is 2. The molecule has 0 saturated heterocycles. The highest BCUT2D eigenvalue weighted by atomic mass is 16.1. The Morgan fingerprint density at radius 1 is 0.947 bits per heavy atom. The summed E-state index contributed by atoms with van der Waals surface area (Å²) in [6.07, 6.45) is 0.775. The molecule has 0 fully saturated rings. The van der Waals surface area contributed by atoms with Gasteiger partial charge >= 0.3 is 0 Å². The summed E-state index contributed by atoms with van der Waals surface area (Å²) in [5.41, 5.74) is 2.00. The van der Waals surface area contributed by atoms with Crippen LogP contribution in [-0.2, 0) is 6.42 Å². The van der Waals surface area contributed by atoms with Gasteiger partial charge in [-0.15, -0.1) is 0 Å². The van der Waals surface area contributed by atoms with Crippen LogP contribution in [0.3, 0.4) is 0 Å². The second-order valence-corrected chi connectivity index (χ2v) is 5.05. The van der Waals surface area contributed by atoms with E-state index in [1.165, 1.54) is 5.56 Å². The van der Waals surface area contributed by atoms with Gasteiger partial charge in [0.2, 0.25) is 5.78 Å². The highest BCUT2D eigenvalue weighted by molar-refractivity contribution is 5.99. The molecule has 0 amide bonds. The number of hydrogen-bond donors (Lipinski definition) is 1. The normalized spacial score (nSPS) is 12.4. The third-order valence-electron chi connectivity index (χ3n) is 3.35. The molecule has 0 radical (unpaired) electrons. The van der Waals surface area contributed by atoms with Crippen LogP contribution in [0.4, 0.5) is 0 Å². The van der Waals surface area contributed by atoms with Crippen molar-refractivity contribution < 1.29 is 9.69 Å². The summed E-state index contributed by atoms with van der Waals surface area (Å²) in [5, 5.41) is 0. The Kier molecular flexibility index (Phi) is 4.48. The van der Waals surface area contributed by atoms with Gasteiger partial charge in [-0.25, -0.2) is 0 Å². The van der Waals surface area contributed by atoms with Crippen LogP contribution in [0.1, 0.15) is 15.9 Å². The Morgan fingerprint density at radius 2 is 1.47 bits per heavy atom. The fraction of sp³-hybridized carbons (Fsp3) is 0.235. The average molecular weight is 254 g/mol. The van der Waals surface area contributed by atoms with Crippen molar-refractivity contribution in [2.75, 3.05) is 14.1 Å². The second-order valence-electron chi connectivity index (χ2n) is 5.05. The molecule has 0 heterocycles. The summed E-state index contributed by atoms with van der Waals surface area (Å²) in [6, 6.07) is 19.7. The van der Waals surface area contributed by atoms with E-state index < -0.39 is 0 Å². The number of likely N-dealkylation sites (N-methyl/N-ethyl adjacent to an activating group) is 1. The molecule has 0 aliphatic rings. The van der Waals surface area contributed by atoms with Crippen LogP contribution >= 0.6 is 0 Å². The van der Waals surface area contributed by atoms with Gasteiger partial charge < -0.3 is 4.90 Å². The number of carbonyl (C=O) groups is 1. The van der Waals surface area contributed by atoms with E-state index in [1.807, 2.05) is 62.6 Å². The van der Waals surface area contributed by atoms with Crippen molar-refractivity contribution in [1.82, 2.24) is 0 Å². The van der Waals surface area contributed by atoms with Gasteiger partial charge in [-0.3, -0.25) is 4.79 Å². The van der Waals surface area contributed by atoms with Gasteiger partial charge in [0.05, 0.1) is 14.1 Å². The Morgan fingerprint density at radius 3 is 2.00 bits per heavy atom. The monoisotopic (exact) mass is 254 g/mol. The molecular weight excluding hydrogens is 234 g/mol. The van der Waals surface area contributed by atoms with Gasteiger partial charge in [0.1, 0.15) is 0 Å². The van der Waals surface area contributed by atoms with Crippen molar-refractivity contribution in [2.45, 2.75) is 12.5 Å². The topological polar surface area (TPSA) is 21.5 Å². The van der Waals surface area contributed by atoms with Crippen LogP contribution in [0.2, 0.25) is 0 Å². The molecule has 98 valence electrons. The summed E-state index contributed by atoms with van der Waals surface area (Å²) in [7, 11) is 4.07. The van der Waals surface area contributed by atoms with Crippen molar-refractivity contribution in [2.24, 2.45) is 0 Å². The molecule has 0 saturated carbocycles. The molecule has 0 spiro atoms.